The van der Waals surface area contributed by atoms with Crippen LogP contribution in [0.25, 0.3) is 0 Å². The Morgan fingerprint density at radius 1 is 0.968 bits per heavy atom. The third kappa shape index (κ3) is 5.54. The van der Waals surface area contributed by atoms with Crippen LogP contribution < -0.4 is 15.5 Å². The van der Waals surface area contributed by atoms with Crippen LogP contribution in [0.15, 0.2) is 54.6 Å². The number of carbonyl (C=O) groups excluding carboxylic acids is 2. The topological polar surface area (TPSA) is 64.7 Å². The third-order valence-electron chi connectivity index (χ3n) is 6.15. The van der Waals surface area contributed by atoms with E-state index in [-0.39, 0.29) is 23.7 Å². The average molecular weight is 425 g/mol. The third-order valence-corrected chi connectivity index (χ3v) is 6.15. The number of benzene rings is 2. The normalized spacial score (nSPS) is 21.1. The maximum absolute atomic E-state index is 13.1. The van der Waals surface area contributed by atoms with Gasteiger partial charge in [-0.2, -0.15) is 0 Å². The fourth-order valence-corrected chi connectivity index (χ4v) is 4.37. The van der Waals surface area contributed by atoms with Crippen LogP contribution in [0, 0.1) is 17.7 Å². The second kappa shape index (κ2) is 9.81. The number of anilines is 2. The number of amides is 3. The highest BCUT2D eigenvalue weighted by Gasteiger charge is 2.30. The van der Waals surface area contributed by atoms with Gasteiger partial charge in [0, 0.05) is 44.1 Å². The van der Waals surface area contributed by atoms with Crippen LogP contribution >= 0.6 is 0 Å². The molecule has 7 heteroatoms. The highest BCUT2D eigenvalue weighted by Crippen LogP contribution is 2.24. The largest absolute Gasteiger partial charge is 0.371 e. The number of urea groups is 1. The molecule has 0 spiro atoms. The molecule has 2 heterocycles. The maximum atomic E-state index is 13.1. The van der Waals surface area contributed by atoms with Crippen molar-refractivity contribution in [3.63, 3.8) is 0 Å². The number of piperidine rings is 1. The molecule has 2 aliphatic rings. The summed E-state index contributed by atoms with van der Waals surface area (Å²) >= 11 is 0. The second-order valence-electron chi connectivity index (χ2n) is 8.40. The summed E-state index contributed by atoms with van der Waals surface area (Å²) in [7, 11) is 0. The van der Waals surface area contributed by atoms with Gasteiger partial charge in [0.25, 0.3) is 0 Å². The molecule has 3 amide bonds. The Morgan fingerprint density at radius 2 is 1.74 bits per heavy atom. The van der Waals surface area contributed by atoms with Gasteiger partial charge in [-0.25, -0.2) is 9.18 Å². The molecule has 164 valence electrons. The highest BCUT2D eigenvalue weighted by atomic mass is 19.1. The Hall–Kier alpha value is -3.09. The van der Waals surface area contributed by atoms with Gasteiger partial charge in [-0.3, -0.25) is 4.79 Å². The summed E-state index contributed by atoms with van der Waals surface area (Å²) in [6.07, 6.45) is 2.61. The van der Waals surface area contributed by atoms with Crippen LogP contribution in [0.2, 0.25) is 0 Å². The van der Waals surface area contributed by atoms with Gasteiger partial charge in [0.15, 0.2) is 0 Å². The van der Waals surface area contributed by atoms with Gasteiger partial charge in [-0.1, -0.05) is 18.2 Å². The highest BCUT2D eigenvalue weighted by molar-refractivity contribution is 5.90. The zero-order valence-electron chi connectivity index (χ0n) is 17.6. The predicted molar refractivity (Wildman–Crippen MR) is 119 cm³/mol. The molecule has 31 heavy (non-hydrogen) atoms. The molecule has 4 rings (SSSR count). The predicted octanol–water partition coefficient (Wildman–Crippen LogP) is 3.71. The fraction of sp³-hybridized carbons (Fsp3) is 0.417. The number of rotatable bonds is 5. The molecule has 6 nitrogen and oxygen atoms in total. The van der Waals surface area contributed by atoms with Crippen LogP contribution in [0.4, 0.5) is 20.6 Å². The Bertz CT molecular complexity index is 890. The summed E-state index contributed by atoms with van der Waals surface area (Å²) in [6.45, 7) is 3.49. The van der Waals surface area contributed by atoms with Crippen LogP contribution in [0.1, 0.15) is 19.3 Å². The minimum Gasteiger partial charge on any atom is -0.371 e. The number of para-hydroxylation sites is 1. The molecule has 2 N–H and O–H groups in total. The SMILES string of the molecule is O=C(NCC1CCN(c2ccc(F)cc2)C1)C1CCCN(C(=O)Nc2ccccc2)C1. The summed E-state index contributed by atoms with van der Waals surface area (Å²) in [4.78, 5) is 29.3. The minimum atomic E-state index is -0.231. The molecule has 0 aromatic heterocycles. The number of nitrogens with zero attached hydrogens (tertiary/aromatic N) is 2. The first-order chi connectivity index (χ1) is 15.1. The van der Waals surface area contributed by atoms with Crippen LogP contribution in [0.5, 0.6) is 0 Å². The number of carbonyl (C=O) groups is 2. The molecule has 0 bridgehead atoms. The standard InChI is InChI=1S/C24H29FN4O2/c25-20-8-10-22(11-9-20)28-14-12-18(16-28)15-26-23(30)19-5-4-13-29(17-19)24(31)27-21-6-2-1-3-7-21/h1-3,6-11,18-19H,4-5,12-17H2,(H,26,30)(H,27,31). The number of hydrogen-bond acceptors (Lipinski definition) is 3. The zero-order chi connectivity index (χ0) is 21.6. The van der Waals surface area contributed by atoms with Crippen molar-refractivity contribution in [2.45, 2.75) is 19.3 Å². The Balaban J connectivity index is 1.23. The van der Waals surface area contributed by atoms with Gasteiger partial charge in [0.2, 0.25) is 5.91 Å². The van der Waals surface area contributed by atoms with E-state index >= 15 is 0 Å². The number of hydrogen-bond donors (Lipinski definition) is 2. The van der Waals surface area contributed by atoms with Gasteiger partial charge in [0.1, 0.15) is 5.82 Å². The summed E-state index contributed by atoms with van der Waals surface area (Å²) in [5.74, 6) is -0.0110. The fourth-order valence-electron chi connectivity index (χ4n) is 4.37. The van der Waals surface area contributed by atoms with Crippen molar-refractivity contribution in [2.24, 2.45) is 11.8 Å². The first-order valence-corrected chi connectivity index (χ1v) is 11.0. The summed E-state index contributed by atoms with van der Waals surface area (Å²) in [5.41, 5.74) is 1.77. The molecule has 2 aromatic carbocycles. The van der Waals surface area contributed by atoms with Gasteiger partial charge < -0.3 is 20.4 Å². The van der Waals surface area contributed by atoms with Gasteiger partial charge in [-0.15, -0.1) is 0 Å². The van der Waals surface area contributed by atoms with Crippen molar-refractivity contribution in [2.75, 3.05) is 42.9 Å². The van der Waals surface area contributed by atoms with Crippen LogP contribution in [-0.4, -0.2) is 49.6 Å². The molecule has 2 aromatic rings. The van der Waals surface area contributed by atoms with Crippen LogP contribution in [-0.2, 0) is 4.79 Å². The number of likely N-dealkylation sites (tertiary alicyclic amines) is 1. The smallest absolute Gasteiger partial charge is 0.321 e. The summed E-state index contributed by atoms with van der Waals surface area (Å²) in [5, 5.41) is 6.00. The monoisotopic (exact) mass is 424 g/mol. The van der Waals surface area contributed by atoms with E-state index in [1.54, 1.807) is 17.0 Å². The van der Waals surface area contributed by atoms with Crippen LogP contribution in [0.3, 0.4) is 0 Å². The lowest BCUT2D eigenvalue weighted by Gasteiger charge is -2.32. The number of nitrogens with one attached hydrogen (secondary N) is 2. The Labute approximate surface area is 182 Å². The van der Waals surface area contributed by atoms with Crippen molar-refractivity contribution in [3.8, 4) is 0 Å². The quantitative estimate of drug-likeness (QED) is 0.769. The van der Waals surface area contributed by atoms with E-state index in [0.717, 1.165) is 43.7 Å². The molecule has 0 radical (unpaired) electrons. The molecule has 2 aliphatic heterocycles. The van der Waals surface area contributed by atoms with Crippen molar-refractivity contribution in [1.29, 1.82) is 0 Å². The van der Waals surface area contributed by atoms with E-state index in [1.165, 1.54) is 12.1 Å². The number of halogens is 1. The lowest BCUT2D eigenvalue weighted by atomic mass is 9.97. The van der Waals surface area contributed by atoms with E-state index in [1.807, 2.05) is 30.3 Å². The lowest BCUT2D eigenvalue weighted by molar-refractivity contribution is -0.126. The van der Waals surface area contributed by atoms with Gasteiger partial charge in [0.05, 0.1) is 5.92 Å². The minimum absolute atomic E-state index is 0.0254. The van der Waals surface area contributed by atoms with E-state index in [0.29, 0.717) is 25.6 Å². The second-order valence-corrected chi connectivity index (χ2v) is 8.40. The summed E-state index contributed by atoms with van der Waals surface area (Å²) in [6, 6.07) is 15.8. The maximum Gasteiger partial charge on any atom is 0.321 e. The molecular formula is C24H29FN4O2. The molecular weight excluding hydrogens is 395 g/mol. The molecule has 2 fully saturated rings. The Kier molecular flexibility index (Phi) is 6.70. The first kappa shape index (κ1) is 21.2. The zero-order valence-corrected chi connectivity index (χ0v) is 17.6. The average Bonchev–Trinajstić information content (AvgIpc) is 3.28. The van der Waals surface area contributed by atoms with Crippen molar-refractivity contribution in [3.05, 3.63) is 60.4 Å². The van der Waals surface area contributed by atoms with E-state index in [4.69, 9.17) is 0 Å². The lowest BCUT2D eigenvalue weighted by Crippen LogP contribution is -2.47. The van der Waals surface area contributed by atoms with Crippen molar-refractivity contribution >= 4 is 23.3 Å². The molecule has 0 aliphatic carbocycles. The molecule has 2 saturated heterocycles. The first-order valence-electron chi connectivity index (χ1n) is 11.0. The van der Waals surface area contributed by atoms with E-state index < -0.39 is 0 Å². The Morgan fingerprint density at radius 3 is 2.52 bits per heavy atom. The van der Waals surface area contributed by atoms with Gasteiger partial charge >= 0.3 is 6.03 Å². The molecule has 2 unspecified atom stereocenters. The summed E-state index contributed by atoms with van der Waals surface area (Å²) < 4.78 is 13.1. The van der Waals surface area contributed by atoms with Crippen molar-refractivity contribution < 1.29 is 14.0 Å². The van der Waals surface area contributed by atoms with Crippen molar-refractivity contribution in [1.82, 2.24) is 10.2 Å². The molecule has 0 saturated carbocycles. The molecule has 2 atom stereocenters. The van der Waals surface area contributed by atoms with E-state index in [2.05, 4.69) is 15.5 Å². The van der Waals surface area contributed by atoms with E-state index in [9.17, 15) is 14.0 Å². The van der Waals surface area contributed by atoms with Gasteiger partial charge in [-0.05, 0) is 61.6 Å².